The third-order valence-electron chi connectivity index (χ3n) is 8.81. The minimum atomic E-state index is -0.231. The zero-order valence-electron chi connectivity index (χ0n) is 17.9. The molecule has 0 aromatic carbocycles. The molecule has 164 valence electrons. The van der Waals surface area contributed by atoms with Gasteiger partial charge in [-0.1, -0.05) is 6.92 Å². The Hall–Kier alpha value is -0.810. The van der Waals surface area contributed by atoms with Crippen LogP contribution in [0.15, 0.2) is 0 Å². The molecular weight excluding hydrogens is 386 g/mol. The molecule has 1 unspecified atom stereocenters. The lowest BCUT2D eigenvalue weighted by atomic mass is 9.49. The molecule has 0 spiro atoms. The quantitative estimate of drug-likeness (QED) is 0.730. The molecule has 6 fully saturated rings. The van der Waals surface area contributed by atoms with E-state index < -0.39 is 0 Å². The number of rotatable bonds is 4. The number of carbonyl (C=O) groups is 2. The van der Waals surface area contributed by atoms with E-state index in [0.717, 1.165) is 88.9 Å². The molecule has 2 saturated heterocycles. The van der Waals surface area contributed by atoms with Gasteiger partial charge in [0.2, 0.25) is 11.8 Å². The minimum Gasteiger partial charge on any atom is -0.354 e. The Kier molecular flexibility index (Phi) is 5.93. The second kappa shape index (κ2) is 8.03. The summed E-state index contributed by atoms with van der Waals surface area (Å²) in [5, 5.41) is 6.63. The second-order valence-corrected chi connectivity index (χ2v) is 11.1. The van der Waals surface area contributed by atoms with Gasteiger partial charge in [-0.3, -0.25) is 9.59 Å². The lowest BCUT2D eigenvalue weighted by Gasteiger charge is -2.56. The number of nitrogens with zero attached hydrogens (tertiary/aromatic N) is 1. The van der Waals surface area contributed by atoms with E-state index in [4.69, 9.17) is 0 Å². The molecule has 2 amide bonds. The molecule has 0 aromatic heterocycles. The molecule has 2 heterocycles. The van der Waals surface area contributed by atoms with Crippen molar-refractivity contribution in [1.82, 2.24) is 15.5 Å². The van der Waals surface area contributed by atoms with Crippen molar-refractivity contribution >= 4 is 24.2 Å². The summed E-state index contributed by atoms with van der Waals surface area (Å²) in [7, 11) is 0. The number of likely N-dealkylation sites (tertiary alicyclic amines) is 1. The van der Waals surface area contributed by atoms with E-state index in [9.17, 15) is 9.59 Å². The zero-order valence-corrected chi connectivity index (χ0v) is 18.7. The van der Waals surface area contributed by atoms with Crippen LogP contribution in [-0.2, 0) is 9.59 Å². The smallest absolute Gasteiger partial charge is 0.242 e. The minimum absolute atomic E-state index is 0. The Bertz CT molecular complexity index is 611. The summed E-state index contributed by atoms with van der Waals surface area (Å²) in [6, 6.07) is -0.231. The van der Waals surface area contributed by atoms with Crippen molar-refractivity contribution in [3.8, 4) is 0 Å². The lowest BCUT2D eigenvalue weighted by molar-refractivity contribution is -0.160. The van der Waals surface area contributed by atoms with E-state index in [0.29, 0.717) is 5.91 Å². The molecule has 6 aliphatic rings. The van der Waals surface area contributed by atoms with Crippen molar-refractivity contribution in [1.29, 1.82) is 0 Å². The van der Waals surface area contributed by atoms with Crippen LogP contribution in [-0.4, -0.2) is 48.9 Å². The summed E-state index contributed by atoms with van der Waals surface area (Å²) in [6.07, 6.45) is 11.3. The Morgan fingerprint density at radius 2 is 1.62 bits per heavy atom. The fourth-order valence-corrected chi connectivity index (χ4v) is 7.59. The van der Waals surface area contributed by atoms with E-state index in [1.54, 1.807) is 0 Å². The highest BCUT2D eigenvalue weighted by atomic mass is 35.5. The van der Waals surface area contributed by atoms with Gasteiger partial charge in [-0.05, 0) is 100 Å². The molecular formula is C23H38ClN3O2. The van der Waals surface area contributed by atoms with Crippen LogP contribution in [0, 0.1) is 28.6 Å². The molecule has 0 radical (unpaired) electrons. The van der Waals surface area contributed by atoms with E-state index in [-0.39, 0.29) is 35.2 Å². The summed E-state index contributed by atoms with van der Waals surface area (Å²) in [4.78, 5) is 28.8. The SMILES string of the molecule is CC1(CNC(=O)C2CCCN2C(=O)C23CC4CC(CC(C4)C2)C3)CCNCC1.Cl. The number of hydrogen-bond donors (Lipinski definition) is 2. The van der Waals surface area contributed by atoms with Crippen LogP contribution in [0.4, 0.5) is 0 Å². The largest absolute Gasteiger partial charge is 0.354 e. The lowest BCUT2D eigenvalue weighted by Crippen LogP contribution is -2.57. The van der Waals surface area contributed by atoms with Gasteiger partial charge in [-0.15, -0.1) is 12.4 Å². The van der Waals surface area contributed by atoms with Gasteiger partial charge >= 0.3 is 0 Å². The summed E-state index contributed by atoms with van der Waals surface area (Å²) in [6.45, 7) is 5.86. The second-order valence-electron chi connectivity index (χ2n) is 11.1. The van der Waals surface area contributed by atoms with Crippen LogP contribution in [0.2, 0.25) is 0 Å². The Morgan fingerprint density at radius 1 is 1.03 bits per heavy atom. The summed E-state index contributed by atoms with van der Waals surface area (Å²) in [5.74, 6) is 2.73. The van der Waals surface area contributed by atoms with Gasteiger partial charge in [-0.25, -0.2) is 0 Å². The van der Waals surface area contributed by atoms with Crippen LogP contribution < -0.4 is 10.6 Å². The highest BCUT2D eigenvalue weighted by Crippen LogP contribution is 2.60. The fourth-order valence-electron chi connectivity index (χ4n) is 7.59. The van der Waals surface area contributed by atoms with E-state index in [1.807, 2.05) is 4.90 Å². The van der Waals surface area contributed by atoms with Crippen molar-refractivity contribution in [2.45, 2.75) is 77.2 Å². The van der Waals surface area contributed by atoms with Crippen molar-refractivity contribution in [2.75, 3.05) is 26.2 Å². The Balaban J connectivity index is 0.00000205. The molecule has 6 heteroatoms. The molecule has 4 bridgehead atoms. The fraction of sp³-hybridized carbons (Fsp3) is 0.913. The van der Waals surface area contributed by atoms with Crippen molar-refractivity contribution in [3.63, 3.8) is 0 Å². The highest BCUT2D eigenvalue weighted by molar-refractivity contribution is 5.91. The standard InChI is InChI=1S/C23H37N3O2.ClH/c1-22(4-6-24-7-5-22)15-25-20(27)19-3-2-8-26(19)21(28)23-12-16-9-17(13-23)11-18(10-16)14-23;/h16-19,24H,2-15H2,1H3,(H,25,27);1H. The van der Waals surface area contributed by atoms with Gasteiger partial charge in [0.15, 0.2) is 0 Å². The molecule has 2 N–H and O–H groups in total. The first-order valence-corrected chi connectivity index (χ1v) is 11.8. The number of nitrogens with one attached hydrogen (secondary N) is 2. The third kappa shape index (κ3) is 3.94. The first-order chi connectivity index (χ1) is 13.5. The molecule has 2 aliphatic heterocycles. The molecule has 29 heavy (non-hydrogen) atoms. The van der Waals surface area contributed by atoms with Gasteiger partial charge in [0.1, 0.15) is 6.04 Å². The van der Waals surface area contributed by atoms with Crippen molar-refractivity contribution < 1.29 is 9.59 Å². The Labute approximate surface area is 181 Å². The number of hydrogen-bond acceptors (Lipinski definition) is 3. The predicted octanol–water partition coefficient (Wildman–Crippen LogP) is 3.12. The van der Waals surface area contributed by atoms with Crippen LogP contribution >= 0.6 is 12.4 Å². The first kappa shape index (κ1) is 21.4. The maximum atomic E-state index is 13.7. The topological polar surface area (TPSA) is 61.4 Å². The van der Waals surface area contributed by atoms with Gasteiger partial charge in [0.05, 0.1) is 5.41 Å². The summed E-state index contributed by atoms with van der Waals surface area (Å²) < 4.78 is 0. The number of carbonyl (C=O) groups excluding carboxylic acids is 2. The third-order valence-corrected chi connectivity index (χ3v) is 8.81. The summed E-state index contributed by atoms with van der Waals surface area (Å²) >= 11 is 0. The van der Waals surface area contributed by atoms with Gasteiger partial charge < -0.3 is 15.5 Å². The molecule has 6 rings (SSSR count). The van der Waals surface area contributed by atoms with Gasteiger partial charge in [0, 0.05) is 13.1 Å². The Morgan fingerprint density at radius 3 is 2.21 bits per heavy atom. The molecule has 5 nitrogen and oxygen atoms in total. The first-order valence-electron chi connectivity index (χ1n) is 11.8. The molecule has 4 aliphatic carbocycles. The van der Waals surface area contributed by atoms with Crippen molar-refractivity contribution in [2.24, 2.45) is 28.6 Å². The average molecular weight is 424 g/mol. The highest BCUT2D eigenvalue weighted by Gasteiger charge is 2.56. The van der Waals surface area contributed by atoms with E-state index >= 15 is 0 Å². The monoisotopic (exact) mass is 423 g/mol. The summed E-state index contributed by atoms with van der Waals surface area (Å²) in [5.41, 5.74) is 0.0624. The van der Waals surface area contributed by atoms with Crippen molar-refractivity contribution in [3.05, 3.63) is 0 Å². The predicted molar refractivity (Wildman–Crippen MR) is 116 cm³/mol. The van der Waals surface area contributed by atoms with Crippen LogP contribution in [0.1, 0.15) is 71.1 Å². The van der Waals surface area contributed by atoms with Crippen LogP contribution in [0.5, 0.6) is 0 Å². The van der Waals surface area contributed by atoms with Crippen LogP contribution in [0.3, 0.4) is 0 Å². The maximum absolute atomic E-state index is 13.7. The number of amides is 2. The van der Waals surface area contributed by atoms with Crippen LogP contribution in [0.25, 0.3) is 0 Å². The van der Waals surface area contributed by atoms with E-state index in [1.165, 1.54) is 19.3 Å². The molecule has 1 atom stereocenters. The number of piperidine rings is 1. The zero-order chi connectivity index (χ0) is 19.4. The van der Waals surface area contributed by atoms with E-state index in [2.05, 4.69) is 17.6 Å². The maximum Gasteiger partial charge on any atom is 0.242 e. The molecule has 4 saturated carbocycles. The van der Waals surface area contributed by atoms with Gasteiger partial charge in [0.25, 0.3) is 0 Å². The van der Waals surface area contributed by atoms with Gasteiger partial charge in [-0.2, -0.15) is 0 Å². The number of halogens is 1. The average Bonchev–Trinajstić information content (AvgIpc) is 3.15. The molecule has 0 aromatic rings. The normalized spacial score (nSPS) is 39.8.